The largest absolute Gasteiger partial charge is 0.392 e. The maximum absolute atomic E-state index is 12.9. The fraction of sp³-hybridized carbons (Fsp3) is 0.556. The average molecular weight is 176 g/mol. The molecule has 0 radical (unpaired) electrons. The summed E-state index contributed by atoms with van der Waals surface area (Å²) in [5.74, 6) is -0.445. The van der Waals surface area contributed by atoms with E-state index in [1.54, 1.807) is 6.92 Å². The minimum atomic E-state index is -0.805. The Bertz CT molecular complexity index is 189. The maximum Gasteiger partial charge on any atom is 0.122 e. The van der Waals surface area contributed by atoms with Gasteiger partial charge >= 0.3 is 0 Å². The second-order valence-corrected chi connectivity index (χ2v) is 2.58. The van der Waals surface area contributed by atoms with Crippen LogP contribution < -0.4 is 0 Å². The fourth-order valence-electron chi connectivity index (χ4n) is 0.598. The Labute approximate surface area is 71.4 Å². The SMILES string of the molecule is CCC(C)=C(F)C=C(CO)CF. The first-order valence-electron chi connectivity index (χ1n) is 3.87. The molecule has 0 aromatic rings. The van der Waals surface area contributed by atoms with Gasteiger partial charge in [0.1, 0.15) is 12.5 Å². The summed E-state index contributed by atoms with van der Waals surface area (Å²) in [4.78, 5) is 0. The summed E-state index contributed by atoms with van der Waals surface area (Å²) in [5, 5.41) is 8.53. The van der Waals surface area contributed by atoms with Gasteiger partial charge in [-0.25, -0.2) is 8.78 Å². The molecule has 1 N–H and O–H groups in total. The Balaban J connectivity index is 4.49. The molecule has 0 amide bonds. The van der Waals surface area contributed by atoms with Gasteiger partial charge in [-0.2, -0.15) is 0 Å². The molecule has 70 valence electrons. The van der Waals surface area contributed by atoms with E-state index in [4.69, 9.17) is 5.11 Å². The zero-order chi connectivity index (χ0) is 9.56. The normalized spacial score (nSPS) is 14.6. The summed E-state index contributed by atoms with van der Waals surface area (Å²) in [6, 6.07) is 0. The summed E-state index contributed by atoms with van der Waals surface area (Å²) in [7, 11) is 0. The zero-order valence-corrected chi connectivity index (χ0v) is 7.40. The van der Waals surface area contributed by atoms with Crippen molar-refractivity contribution in [3.05, 3.63) is 23.0 Å². The lowest BCUT2D eigenvalue weighted by Crippen LogP contribution is -1.93. The van der Waals surface area contributed by atoms with Crippen LogP contribution in [0.4, 0.5) is 8.78 Å². The van der Waals surface area contributed by atoms with E-state index in [0.29, 0.717) is 12.0 Å². The predicted octanol–water partition coefficient (Wildman–Crippen LogP) is 2.53. The van der Waals surface area contributed by atoms with Gasteiger partial charge in [-0.1, -0.05) is 6.92 Å². The molecular formula is C9H14F2O. The van der Waals surface area contributed by atoms with Gasteiger partial charge in [-0.15, -0.1) is 0 Å². The average Bonchev–Trinajstić information content (AvgIpc) is 2.12. The second-order valence-electron chi connectivity index (χ2n) is 2.58. The summed E-state index contributed by atoms with van der Waals surface area (Å²) < 4.78 is 24.9. The molecular weight excluding hydrogens is 162 g/mol. The van der Waals surface area contributed by atoms with E-state index in [9.17, 15) is 8.78 Å². The van der Waals surface area contributed by atoms with Crippen LogP contribution >= 0.6 is 0 Å². The van der Waals surface area contributed by atoms with Crippen molar-refractivity contribution in [1.82, 2.24) is 0 Å². The second kappa shape index (κ2) is 5.89. The molecule has 3 heteroatoms. The van der Waals surface area contributed by atoms with Crippen molar-refractivity contribution in [2.45, 2.75) is 20.3 Å². The van der Waals surface area contributed by atoms with Crippen LogP contribution in [0.5, 0.6) is 0 Å². The summed E-state index contributed by atoms with van der Waals surface area (Å²) in [5.41, 5.74) is 0.634. The molecule has 0 aromatic carbocycles. The molecule has 0 unspecified atom stereocenters. The van der Waals surface area contributed by atoms with Crippen LogP contribution in [0.1, 0.15) is 20.3 Å². The van der Waals surface area contributed by atoms with Gasteiger partial charge < -0.3 is 5.11 Å². The quantitative estimate of drug-likeness (QED) is 0.652. The van der Waals surface area contributed by atoms with Crippen LogP contribution in [0.25, 0.3) is 0 Å². The van der Waals surface area contributed by atoms with Crippen LogP contribution in [0.3, 0.4) is 0 Å². The van der Waals surface area contributed by atoms with E-state index in [0.717, 1.165) is 6.08 Å². The monoisotopic (exact) mass is 176 g/mol. The van der Waals surface area contributed by atoms with Crippen molar-refractivity contribution in [3.63, 3.8) is 0 Å². The number of hydrogen-bond donors (Lipinski definition) is 1. The Kier molecular flexibility index (Phi) is 5.54. The minimum absolute atomic E-state index is 0.0697. The smallest absolute Gasteiger partial charge is 0.122 e. The highest BCUT2D eigenvalue weighted by atomic mass is 19.1. The van der Waals surface area contributed by atoms with E-state index in [-0.39, 0.29) is 5.57 Å². The number of aliphatic hydroxyl groups is 1. The number of alkyl halides is 1. The molecule has 0 aliphatic carbocycles. The van der Waals surface area contributed by atoms with Crippen LogP contribution in [0.2, 0.25) is 0 Å². The molecule has 0 heterocycles. The van der Waals surface area contributed by atoms with Gasteiger partial charge in [-0.3, -0.25) is 0 Å². The number of aliphatic hydroxyl groups excluding tert-OH is 1. The molecule has 0 aliphatic rings. The number of allylic oxidation sites excluding steroid dienone is 3. The van der Waals surface area contributed by atoms with Crippen molar-refractivity contribution in [2.24, 2.45) is 0 Å². The van der Waals surface area contributed by atoms with Crippen molar-refractivity contribution in [1.29, 1.82) is 0 Å². The molecule has 12 heavy (non-hydrogen) atoms. The molecule has 0 bridgehead atoms. The van der Waals surface area contributed by atoms with Crippen molar-refractivity contribution >= 4 is 0 Å². The third-order valence-electron chi connectivity index (χ3n) is 1.64. The van der Waals surface area contributed by atoms with E-state index < -0.39 is 19.1 Å². The summed E-state index contributed by atoms with van der Waals surface area (Å²) in [6.45, 7) is 2.22. The molecule has 0 rings (SSSR count). The highest BCUT2D eigenvalue weighted by molar-refractivity contribution is 5.23. The Morgan fingerprint density at radius 3 is 2.42 bits per heavy atom. The standard InChI is InChI=1S/C9H14F2O/c1-3-7(2)9(11)4-8(5-10)6-12/h4,12H,3,5-6H2,1-2H3. The molecule has 0 saturated heterocycles. The summed E-state index contributed by atoms with van der Waals surface area (Å²) in [6.07, 6.45) is 1.65. The zero-order valence-electron chi connectivity index (χ0n) is 7.40. The third kappa shape index (κ3) is 3.62. The van der Waals surface area contributed by atoms with E-state index in [1.165, 1.54) is 0 Å². The lowest BCUT2D eigenvalue weighted by molar-refractivity contribution is 0.317. The topological polar surface area (TPSA) is 20.2 Å². The van der Waals surface area contributed by atoms with Gasteiger partial charge in [0.05, 0.1) is 6.61 Å². The fourth-order valence-corrected chi connectivity index (χ4v) is 0.598. The van der Waals surface area contributed by atoms with Gasteiger partial charge in [0.25, 0.3) is 0 Å². The molecule has 0 aromatic heterocycles. The van der Waals surface area contributed by atoms with Gasteiger partial charge in [-0.05, 0) is 30.6 Å². The lowest BCUT2D eigenvalue weighted by atomic mass is 10.2. The van der Waals surface area contributed by atoms with Crippen LogP contribution in [-0.4, -0.2) is 18.4 Å². The van der Waals surface area contributed by atoms with Crippen molar-refractivity contribution < 1.29 is 13.9 Å². The Hall–Kier alpha value is -0.700. The minimum Gasteiger partial charge on any atom is -0.392 e. The van der Waals surface area contributed by atoms with Gasteiger partial charge in [0, 0.05) is 0 Å². The van der Waals surface area contributed by atoms with E-state index >= 15 is 0 Å². The Morgan fingerprint density at radius 1 is 1.50 bits per heavy atom. The van der Waals surface area contributed by atoms with Crippen LogP contribution in [0, 0.1) is 0 Å². The first-order chi connectivity index (χ1) is 5.65. The van der Waals surface area contributed by atoms with E-state index in [1.807, 2.05) is 6.92 Å². The number of hydrogen-bond acceptors (Lipinski definition) is 1. The molecule has 0 fully saturated rings. The van der Waals surface area contributed by atoms with Crippen molar-refractivity contribution in [3.8, 4) is 0 Å². The molecule has 0 aliphatic heterocycles. The van der Waals surface area contributed by atoms with Crippen LogP contribution in [0.15, 0.2) is 23.0 Å². The molecule has 0 atom stereocenters. The first-order valence-corrected chi connectivity index (χ1v) is 3.87. The van der Waals surface area contributed by atoms with Gasteiger partial charge in [0.15, 0.2) is 0 Å². The maximum atomic E-state index is 12.9. The van der Waals surface area contributed by atoms with Gasteiger partial charge in [0.2, 0.25) is 0 Å². The third-order valence-corrected chi connectivity index (χ3v) is 1.64. The molecule has 1 nitrogen and oxygen atoms in total. The van der Waals surface area contributed by atoms with Crippen LogP contribution in [-0.2, 0) is 0 Å². The number of rotatable bonds is 4. The highest BCUT2D eigenvalue weighted by Crippen LogP contribution is 2.12. The van der Waals surface area contributed by atoms with E-state index in [2.05, 4.69) is 0 Å². The Morgan fingerprint density at radius 2 is 2.08 bits per heavy atom. The summed E-state index contributed by atoms with van der Waals surface area (Å²) >= 11 is 0. The molecule has 0 saturated carbocycles. The number of halogens is 2. The molecule has 0 spiro atoms. The first kappa shape index (κ1) is 11.3. The highest BCUT2D eigenvalue weighted by Gasteiger charge is 1.99. The lowest BCUT2D eigenvalue weighted by Gasteiger charge is -1.98. The van der Waals surface area contributed by atoms with Crippen molar-refractivity contribution in [2.75, 3.05) is 13.3 Å². The predicted molar refractivity (Wildman–Crippen MR) is 45.2 cm³/mol.